The van der Waals surface area contributed by atoms with Crippen molar-refractivity contribution in [2.45, 2.75) is 46.3 Å². The molecular weight excluding hydrogens is 465 g/mol. The van der Waals surface area contributed by atoms with Crippen molar-refractivity contribution in [3.63, 3.8) is 0 Å². The number of aromatic nitrogens is 2. The summed E-state index contributed by atoms with van der Waals surface area (Å²) in [7, 11) is -0.487. The molecule has 1 unspecified atom stereocenters. The summed E-state index contributed by atoms with van der Waals surface area (Å²) < 4.78 is 5.26. The number of aryl methyl sites for hydroxylation is 1. The molecule has 0 radical (unpaired) electrons. The third-order valence-electron chi connectivity index (χ3n) is 4.54. The zero-order chi connectivity index (χ0) is 25.8. The summed E-state index contributed by atoms with van der Waals surface area (Å²) in [4.78, 5) is 46.8. The zero-order valence-corrected chi connectivity index (χ0v) is 20.5. The number of nitrogens with one attached hydrogen (secondary N) is 2. The fourth-order valence-corrected chi connectivity index (χ4v) is 2.89. The minimum Gasteiger partial charge on any atom is -0.444 e. The number of amides is 3. The molecule has 0 spiro atoms. The van der Waals surface area contributed by atoms with E-state index in [0.29, 0.717) is 10.6 Å². The molecule has 2 rings (SSSR count). The summed E-state index contributed by atoms with van der Waals surface area (Å²) in [6, 6.07) is 3.08. The van der Waals surface area contributed by atoms with Gasteiger partial charge in [0.1, 0.15) is 29.0 Å². The summed E-state index contributed by atoms with van der Waals surface area (Å²) in [5.41, 5.74) is -0.149. The predicted octanol–water partition coefficient (Wildman–Crippen LogP) is 1.56. The number of anilines is 2. The van der Waals surface area contributed by atoms with Gasteiger partial charge in [-0.05, 0) is 63.8 Å². The topological polar surface area (TPSA) is 154 Å². The maximum atomic E-state index is 12.7. The first kappa shape index (κ1) is 27.0. The van der Waals surface area contributed by atoms with Gasteiger partial charge in [-0.25, -0.2) is 14.8 Å². The van der Waals surface area contributed by atoms with E-state index in [4.69, 9.17) is 16.3 Å². The molecule has 0 aliphatic rings. The number of hydrogen-bond acceptors (Lipinski definition) is 8. The van der Waals surface area contributed by atoms with E-state index in [0.717, 1.165) is 4.90 Å². The lowest BCUT2D eigenvalue weighted by molar-refractivity contribution is -0.120. The number of carbonyl (C=O) groups is 3. The van der Waals surface area contributed by atoms with Crippen LogP contribution in [-0.2, 0) is 9.53 Å². The lowest BCUT2D eigenvalue weighted by Gasteiger charge is -2.28. The zero-order valence-electron chi connectivity index (χ0n) is 19.7. The molecule has 3 amide bonds. The van der Waals surface area contributed by atoms with Gasteiger partial charge in [0.05, 0.1) is 5.02 Å². The summed E-state index contributed by atoms with van der Waals surface area (Å²) >= 11 is 5.87. The van der Waals surface area contributed by atoms with Crippen LogP contribution in [0.25, 0.3) is 0 Å². The van der Waals surface area contributed by atoms with Gasteiger partial charge in [-0.2, -0.15) is 0 Å². The van der Waals surface area contributed by atoms with Crippen LogP contribution in [0, 0.1) is 6.92 Å². The highest BCUT2D eigenvalue weighted by Crippen LogP contribution is 2.16. The number of pyridine rings is 2. The molecule has 0 aromatic carbocycles. The van der Waals surface area contributed by atoms with E-state index in [1.165, 1.54) is 32.3 Å². The van der Waals surface area contributed by atoms with E-state index in [1.807, 2.05) is 0 Å². The van der Waals surface area contributed by atoms with E-state index in [9.17, 15) is 24.4 Å². The number of likely N-dealkylation sites (N-methyl/N-ethyl adjacent to an activating group) is 1. The first-order valence-electron chi connectivity index (χ1n) is 10.3. The van der Waals surface area contributed by atoms with Gasteiger partial charge in [-0.15, -0.1) is 0 Å². The van der Waals surface area contributed by atoms with Crippen LogP contribution in [0.3, 0.4) is 0 Å². The van der Waals surface area contributed by atoms with Crippen molar-refractivity contribution < 1.29 is 29.2 Å². The third-order valence-corrected chi connectivity index (χ3v) is 4.75. The first-order chi connectivity index (χ1) is 15.7. The van der Waals surface area contributed by atoms with E-state index < -0.39 is 36.7 Å². The molecule has 4 N–H and O–H groups in total. The van der Waals surface area contributed by atoms with Crippen LogP contribution in [0.2, 0.25) is 5.02 Å². The number of hydrogen-bond donors (Lipinski definition) is 4. The Kier molecular flexibility index (Phi) is 8.59. The van der Waals surface area contributed by atoms with Gasteiger partial charge in [0.15, 0.2) is 0 Å². The molecule has 13 heteroatoms. The number of carbonyl (C=O) groups excluding carboxylic acids is 3. The van der Waals surface area contributed by atoms with E-state index in [1.54, 1.807) is 33.8 Å². The van der Waals surface area contributed by atoms with Crippen molar-refractivity contribution in [2.24, 2.45) is 0 Å². The van der Waals surface area contributed by atoms with Gasteiger partial charge in [0.25, 0.3) is 5.91 Å². The molecule has 2 aromatic heterocycles. The summed E-state index contributed by atoms with van der Waals surface area (Å²) in [5.74, 6) is -1.36. The maximum absolute atomic E-state index is 12.7. The van der Waals surface area contributed by atoms with E-state index in [2.05, 4.69) is 20.6 Å². The molecule has 2 heterocycles. The molecule has 11 nitrogen and oxygen atoms in total. The second-order valence-electron chi connectivity index (χ2n) is 8.57. The second-order valence-corrected chi connectivity index (χ2v) is 9.01. The standard InChI is InChI=1S/C21H27BClN5O6/c1-11-7-14(23)10-24-17(11)19(30)27-16-9-13(22(32)33)8-15(25-16)26-18(29)12(2)28(6)20(31)34-21(3,4)5/h7-10,12,32-33H,1-6H3,(H2,25,26,27,29,30). The fourth-order valence-electron chi connectivity index (χ4n) is 2.68. The van der Waals surface area contributed by atoms with Gasteiger partial charge < -0.3 is 25.4 Å². The summed E-state index contributed by atoms with van der Waals surface area (Å²) in [6.07, 6.45) is 0.625. The fraction of sp³-hybridized carbons (Fsp3) is 0.381. The van der Waals surface area contributed by atoms with Crippen LogP contribution in [0.1, 0.15) is 43.7 Å². The Morgan fingerprint density at radius 2 is 1.74 bits per heavy atom. The maximum Gasteiger partial charge on any atom is 0.488 e. The molecule has 0 aliphatic carbocycles. The van der Waals surface area contributed by atoms with Crippen molar-refractivity contribution in [3.05, 3.63) is 40.7 Å². The lowest BCUT2D eigenvalue weighted by atomic mass is 9.81. The first-order valence-corrected chi connectivity index (χ1v) is 10.6. The molecule has 2 aromatic rings. The van der Waals surface area contributed by atoms with Crippen molar-refractivity contribution in [2.75, 3.05) is 17.7 Å². The Morgan fingerprint density at radius 3 is 2.26 bits per heavy atom. The number of halogens is 1. The Labute approximate surface area is 202 Å². The number of ether oxygens (including phenoxy) is 1. The largest absolute Gasteiger partial charge is 0.488 e. The molecule has 34 heavy (non-hydrogen) atoms. The molecule has 0 saturated carbocycles. The number of rotatable bonds is 6. The predicted molar refractivity (Wildman–Crippen MR) is 128 cm³/mol. The molecule has 1 atom stereocenters. The third kappa shape index (κ3) is 7.40. The quantitative estimate of drug-likeness (QED) is 0.444. The molecule has 0 aliphatic heterocycles. The van der Waals surface area contributed by atoms with Crippen LogP contribution < -0.4 is 16.1 Å². The van der Waals surface area contributed by atoms with E-state index in [-0.39, 0.29) is 22.8 Å². The molecule has 0 bridgehead atoms. The minimum absolute atomic E-state index is 0.0328. The van der Waals surface area contributed by atoms with Gasteiger partial charge in [-0.1, -0.05) is 11.6 Å². The van der Waals surface area contributed by atoms with Crippen molar-refractivity contribution >= 4 is 53.7 Å². The van der Waals surface area contributed by atoms with E-state index >= 15 is 0 Å². The van der Waals surface area contributed by atoms with Crippen molar-refractivity contribution in [1.82, 2.24) is 14.9 Å². The van der Waals surface area contributed by atoms with Crippen molar-refractivity contribution in [1.29, 1.82) is 0 Å². The average Bonchev–Trinajstić information content (AvgIpc) is 2.70. The molecular formula is C21H27BClN5O6. The Bertz CT molecular complexity index is 1090. The van der Waals surface area contributed by atoms with Gasteiger partial charge >= 0.3 is 13.2 Å². The number of nitrogens with zero attached hydrogens (tertiary/aromatic N) is 3. The highest BCUT2D eigenvalue weighted by Gasteiger charge is 2.27. The van der Waals surface area contributed by atoms with Crippen LogP contribution in [-0.4, -0.2) is 68.6 Å². The highest BCUT2D eigenvalue weighted by atomic mass is 35.5. The molecule has 182 valence electrons. The molecule has 0 fully saturated rings. The normalized spacial score (nSPS) is 11.9. The smallest absolute Gasteiger partial charge is 0.444 e. The minimum atomic E-state index is -1.90. The van der Waals surface area contributed by atoms with Crippen LogP contribution in [0.4, 0.5) is 16.4 Å². The van der Waals surface area contributed by atoms with Crippen LogP contribution in [0.5, 0.6) is 0 Å². The highest BCUT2D eigenvalue weighted by molar-refractivity contribution is 6.58. The SMILES string of the molecule is Cc1cc(Cl)cnc1C(=O)Nc1cc(B(O)O)cc(NC(=O)C(C)N(C)C(=O)OC(C)(C)C)n1. The molecule has 0 saturated heterocycles. The summed E-state index contributed by atoms with van der Waals surface area (Å²) in [5, 5.41) is 24.6. The van der Waals surface area contributed by atoms with Crippen LogP contribution >= 0.6 is 11.6 Å². The van der Waals surface area contributed by atoms with Crippen LogP contribution in [0.15, 0.2) is 24.4 Å². The van der Waals surface area contributed by atoms with Gasteiger partial charge in [0, 0.05) is 13.2 Å². The Hall–Kier alpha value is -3.22. The Morgan fingerprint density at radius 1 is 1.15 bits per heavy atom. The van der Waals surface area contributed by atoms with Gasteiger partial charge in [0.2, 0.25) is 5.91 Å². The second kappa shape index (κ2) is 10.8. The van der Waals surface area contributed by atoms with Crippen molar-refractivity contribution in [3.8, 4) is 0 Å². The average molecular weight is 492 g/mol. The lowest BCUT2D eigenvalue weighted by Crippen LogP contribution is -2.45. The van der Waals surface area contributed by atoms with Gasteiger partial charge in [-0.3, -0.25) is 14.5 Å². The Balaban J connectivity index is 2.23. The monoisotopic (exact) mass is 491 g/mol. The summed E-state index contributed by atoms with van der Waals surface area (Å²) in [6.45, 7) is 8.26.